The molecule has 0 unspecified atom stereocenters. The van der Waals surface area contributed by atoms with Gasteiger partial charge in [0.25, 0.3) is 5.91 Å². The monoisotopic (exact) mass is 407 g/mol. The van der Waals surface area contributed by atoms with E-state index in [1.807, 2.05) is 0 Å². The number of benzene rings is 1. The molecule has 1 N–H and O–H groups in total. The van der Waals surface area contributed by atoms with Gasteiger partial charge in [0.2, 0.25) is 11.7 Å². The van der Waals surface area contributed by atoms with Crippen molar-refractivity contribution in [3.63, 3.8) is 0 Å². The number of hydrogen-bond acceptors (Lipinski definition) is 8. The molecule has 1 aromatic carbocycles. The summed E-state index contributed by atoms with van der Waals surface area (Å²) in [5, 5.41) is 6.32. The fraction of sp³-hybridized carbons (Fsp3) is 0.421. The van der Waals surface area contributed by atoms with Crippen LogP contribution in [0.5, 0.6) is 0 Å². The maximum absolute atomic E-state index is 12.9. The Balaban J connectivity index is 1.63. The first-order valence-electron chi connectivity index (χ1n) is 9.14. The summed E-state index contributed by atoms with van der Waals surface area (Å²) in [6, 6.07) is 5.60. The summed E-state index contributed by atoms with van der Waals surface area (Å²) < 4.78 is 27.6. The van der Waals surface area contributed by atoms with E-state index in [1.54, 1.807) is 6.92 Å². The van der Waals surface area contributed by atoms with Gasteiger partial charge >= 0.3 is 11.9 Å². The molecule has 2 aromatic rings. The van der Waals surface area contributed by atoms with Crippen LogP contribution in [0.25, 0.3) is 11.4 Å². The number of carbonyl (C=O) groups excluding carboxylic acids is 3. The molecule has 9 nitrogen and oxygen atoms in total. The fourth-order valence-electron chi connectivity index (χ4n) is 2.24. The summed E-state index contributed by atoms with van der Waals surface area (Å²) in [5.74, 6) is -1.23. The van der Waals surface area contributed by atoms with Gasteiger partial charge in [-0.2, -0.15) is 4.98 Å². The van der Waals surface area contributed by atoms with Crippen molar-refractivity contribution in [1.82, 2.24) is 15.5 Å². The van der Waals surface area contributed by atoms with Crippen molar-refractivity contribution in [2.24, 2.45) is 0 Å². The minimum absolute atomic E-state index is 0.0405. The molecule has 0 radical (unpaired) electrons. The van der Waals surface area contributed by atoms with Gasteiger partial charge in [-0.15, -0.1) is 0 Å². The van der Waals surface area contributed by atoms with Crippen molar-refractivity contribution in [2.45, 2.75) is 32.6 Å². The Morgan fingerprint density at radius 2 is 1.83 bits per heavy atom. The lowest BCUT2D eigenvalue weighted by molar-refractivity contribution is -0.148. The average molecular weight is 407 g/mol. The summed E-state index contributed by atoms with van der Waals surface area (Å²) in [4.78, 5) is 38.6. The van der Waals surface area contributed by atoms with E-state index in [0.717, 1.165) is 0 Å². The lowest BCUT2D eigenvalue weighted by Crippen LogP contribution is -2.30. The van der Waals surface area contributed by atoms with Gasteiger partial charge in [0.05, 0.1) is 13.0 Å². The number of hydrogen-bond donors (Lipinski definition) is 1. The van der Waals surface area contributed by atoms with Crippen LogP contribution in [0.1, 0.15) is 32.1 Å². The van der Waals surface area contributed by atoms with Crippen molar-refractivity contribution in [1.29, 1.82) is 0 Å². The SMILES string of the molecule is CCOC(=O)CCCNC(=O)COC(=O)CCc1nc(-c2ccc(F)cc2)no1. The topological polar surface area (TPSA) is 121 Å². The average Bonchev–Trinajstić information content (AvgIpc) is 3.18. The second kappa shape index (κ2) is 11.5. The number of ether oxygens (including phenoxy) is 2. The first kappa shape index (κ1) is 22.0. The highest BCUT2D eigenvalue weighted by Crippen LogP contribution is 2.16. The van der Waals surface area contributed by atoms with E-state index in [0.29, 0.717) is 18.6 Å². The molecule has 2 rings (SSSR count). The summed E-state index contributed by atoms with van der Waals surface area (Å²) >= 11 is 0. The number of rotatable bonds is 11. The van der Waals surface area contributed by atoms with Crippen LogP contribution in [-0.4, -0.2) is 47.7 Å². The molecule has 0 saturated heterocycles. The highest BCUT2D eigenvalue weighted by atomic mass is 19.1. The number of esters is 2. The quantitative estimate of drug-likeness (QED) is 0.442. The molecule has 1 heterocycles. The molecular weight excluding hydrogens is 385 g/mol. The Morgan fingerprint density at radius 3 is 2.55 bits per heavy atom. The van der Waals surface area contributed by atoms with Gasteiger partial charge in [-0.25, -0.2) is 4.39 Å². The zero-order valence-corrected chi connectivity index (χ0v) is 16.0. The highest BCUT2D eigenvalue weighted by Gasteiger charge is 2.13. The third-order valence-corrected chi connectivity index (χ3v) is 3.66. The van der Waals surface area contributed by atoms with E-state index in [9.17, 15) is 18.8 Å². The summed E-state index contributed by atoms with van der Waals surface area (Å²) in [5.41, 5.74) is 0.587. The Kier molecular flexibility index (Phi) is 8.74. The van der Waals surface area contributed by atoms with Crippen molar-refractivity contribution in [3.05, 3.63) is 36.0 Å². The molecule has 1 aromatic heterocycles. The predicted molar refractivity (Wildman–Crippen MR) is 97.8 cm³/mol. The van der Waals surface area contributed by atoms with Crippen molar-refractivity contribution in [2.75, 3.05) is 19.8 Å². The zero-order valence-electron chi connectivity index (χ0n) is 16.0. The Morgan fingerprint density at radius 1 is 1.10 bits per heavy atom. The van der Waals surface area contributed by atoms with Gasteiger partial charge in [-0.05, 0) is 37.6 Å². The van der Waals surface area contributed by atoms with E-state index in [4.69, 9.17) is 14.0 Å². The Bertz CT molecular complexity index is 822. The number of nitrogens with one attached hydrogen (secondary N) is 1. The van der Waals surface area contributed by atoms with E-state index in [-0.39, 0.29) is 49.3 Å². The van der Waals surface area contributed by atoms with E-state index in [1.165, 1.54) is 24.3 Å². The molecule has 0 aliphatic carbocycles. The number of halogens is 1. The number of aromatic nitrogens is 2. The fourth-order valence-corrected chi connectivity index (χ4v) is 2.24. The number of carbonyl (C=O) groups is 3. The van der Waals surface area contributed by atoms with Crippen molar-refractivity contribution >= 4 is 17.8 Å². The van der Waals surface area contributed by atoms with Crippen molar-refractivity contribution in [3.8, 4) is 11.4 Å². The van der Waals surface area contributed by atoms with Gasteiger partial charge in [0.15, 0.2) is 6.61 Å². The lowest BCUT2D eigenvalue weighted by Gasteiger charge is -2.06. The molecule has 1 amide bonds. The molecule has 0 bridgehead atoms. The van der Waals surface area contributed by atoms with Crippen LogP contribution in [0.15, 0.2) is 28.8 Å². The maximum atomic E-state index is 12.9. The molecular formula is C19H22FN3O6. The first-order valence-corrected chi connectivity index (χ1v) is 9.14. The maximum Gasteiger partial charge on any atom is 0.306 e. The molecule has 0 fully saturated rings. The highest BCUT2D eigenvalue weighted by molar-refractivity contribution is 5.80. The van der Waals surface area contributed by atoms with Crippen LogP contribution in [0.3, 0.4) is 0 Å². The van der Waals surface area contributed by atoms with Gasteiger partial charge in [-0.1, -0.05) is 5.16 Å². The molecule has 10 heteroatoms. The standard InChI is InChI=1S/C19H22FN3O6/c1-2-27-17(25)4-3-11-21-15(24)12-28-18(26)10-9-16-22-19(23-29-16)13-5-7-14(20)8-6-13/h5-8H,2-4,9-12H2,1H3,(H,21,24). The summed E-state index contributed by atoms with van der Waals surface area (Å²) in [6.07, 6.45) is 0.749. The number of aryl methyl sites for hydroxylation is 1. The Hall–Kier alpha value is -3.30. The second-order valence-corrected chi connectivity index (χ2v) is 5.94. The minimum Gasteiger partial charge on any atom is -0.466 e. The molecule has 0 saturated carbocycles. The lowest BCUT2D eigenvalue weighted by atomic mass is 10.2. The van der Waals surface area contributed by atoms with E-state index in [2.05, 4.69) is 15.5 Å². The van der Waals surface area contributed by atoms with Crippen LogP contribution in [0, 0.1) is 5.82 Å². The summed E-state index contributed by atoms with van der Waals surface area (Å²) in [6.45, 7) is 1.90. The van der Waals surface area contributed by atoms with Crippen LogP contribution in [-0.2, 0) is 30.3 Å². The van der Waals surface area contributed by atoms with Crippen LogP contribution >= 0.6 is 0 Å². The molecule has 29 heavy (non-hydrogen) atoms. The zero-order chi connectivity index (χ0) is 21.1. The predicted octanol–water partition coefficient (Wildman–Crippen LogP) is 1.81. The van der Waals surface area contributed by atoms with Crippen LogP contribution in [0.2, 0.25) is 0 Å². The van der Waals surface area contributed by atoms with Gasteiger partial charge in [0.1, 0.15) is 5.82 Å². The largest absolute Gasteiger partial charge is 0.466 e. The molecule has 0 aliphatic heterocycles. The Labute approximate surface area is 166 Å². The molecule has 156 valence electrons. The van der Waals surface area contributed by atoms with Crippen LogP contribution < -0.4 is 5.32 Å². The normalized spacial score (nSPS) is 10.4. The smallest absolute Gasteiger partial charge is 0.306 e. The summed E-state index contributed by atoms with van der Waals surface area (Å²) in [7, 11) is 0. The molecule has 0 atom stereocenters. The van der Waals surface area contributed by atoms with Crippen molar-refractivity contribution < 1.29 is 32.8 Å². The first-order chi connectivity index (χ1) is 14.0. The third-order valence-electron chi connectivity index (χ3n) is 3.66. The number of nitrogens with zero attached hydrogens (tertiary/aromatic N) is 2. The second-order valence-electron chi connectivity index (χ2n) is 5.94. The third kappa shape index (κ3) is 8.08. The van der Waals surface area contributed by atoms with Gasteiger partial charge < -0.3 is 19.3 Å². The van der Waals surface area contributed by atoms with Gasteiger partial charge in [-0.3, -0.25) is 14.4 Å². The van der Waals surface area contributed by atoms with Crippen LogP contribution in [0.4, 0.5) is 4.39 Å². The van der Waals surface area contributed by atoms with E-state index >= 15 is 0 Å². The van der Waals surface area contributed by atoms with Gasteiger partial charge in [0, 0.05) is 24.9 Å². The molecule has 0 spiro atoms. The number of amides is 1. The van der Waals surface area contributed by atoms with E-state index < -0.39 is 18.5 Å². The molecule has 0 aliphatic rings. The minimum atomic E-state index is -0.590.